The highest BCUT2D eigenvalue weighted by Gasteiger charge is 2.34. The minimum Gasteiger partial charge on any atom is -0.321 e. The lowest BCUT2D eigenvalue weighted by Gasteiger charge is -2.28. The Morgan fingerprint density at radius 2 is 1.93 bits per heavy atom. The molecule has 1 rings (SSSR count). The van der Waals surface area contributed by atoms with Crippen molar-refractivity contribution in [2.24, 2.45) is 0 Å². The van der Waals surface area contributed by atoms with Crippen LogP contribution in [0.25, 0.3) is 0 Å². The summed E-state index contributed by atoms with van der Waals surface area (Å²) in [6.07, 6.45) is 3.41. The highest BCUT2D eigenvalue weighted by molar-refractivity contribution is 7.57. The minimum atomic E-state index is -2.66. The van der Waals surface area contributed by atoms with Crippen LogP contribution in [0.2, 0.25) is 0 Å². The molecule has 2 N–H and O–H groups in total. The first-order valence-corrected chi connectivity index (χ1v) is 7.33. The minimum absolute atomic E-state index is 0.0283. The monoisotopic (exact) mass is 234 g/mol. The number of hydrogen-bond acceptors (Lipinski definition) is 3. The lowest BCUT2D eigenvalue weighted by Crippen LogP contribution is -2.42. The molecule has 0 saturated heterocycles. The quantitative estimate of drug-likeness (QED) is 0.714. The molecule has 1 fully saturated rings. The van der Waals surface area contributed by atoms with E-state index in [1.807, 2.05) is 20.9 Å². The summed E-state index contributed by atoms with van der Waals surface area (Å²) in [4.78, 5) is 0. The average molecular weight is 234 g/mol. The highest BCUT2D eigenvalue weighted by atomic mass is 31.2. The van der Waals surface area contributed by atoms with E-state index in [0.717, 1.165) is 12.8 Å². The Hall–Kier alpha value is 0.110. The fourth-order valence-corrected chi connectivity index (χ4v) is 3.70. The molecular formula is C10H23N2O2P. The molecule has 4 nitrogen and oxygen atoms in total. The van der Waals surface area contributed by atoms with Crippen molar-refractivity contribution in [3.63, 3.8) is 0 Å². The van der Waals surface area contributed by atoms with Crippen molar-refractivity contribution in [1.82, 2.24) is 10.4 Å². The van der Waals surface area contributed by atoms with E-state index in [1.54, 1.807) is 0 Å². The molecule has 0 aromatic heterocycles. The Morgan fingerprint density at radius 3 is 2.40 bits per heavy atom. The predicted molar refractivity (Wildman–Crippen MR) is 63.4 cm³/mol. The van der Waals surface area contributed by atoms with Gasteiger partial charge in [-0.1, -0.05) is 20.3 Å². The van der Waals surface area contributed by atoms with E-state index in [1.165, 1.54) is 13.5 Å². The zero-order chi connectivity index (χ0) is 11.5. The first-order valence-electron chi connectivity index (χ1n) is 5.64. The van der Waals surface area contributed by atoms with E-state index in [4.69, 9.17) is 4.52 Å². The fourth-order valence-electron chi connectivity index (χ4n) is 2.10. The molecule has 15 heavy (non-hydrogen) atoms. The summed E-state index contributed by atoms with van der Waals surface area (Å²) in [5.74, 6) is 0. The molecule has 1 saturated carbocycles. The van der Waals surface area contributed by atoms with E-state index < -0.39 is 7.52 Å². The number of likely N-dealkylation sites (N-methyl/N-ethyl adjacent to an activating group) is 1. The molecule has 0 aromatic rings. The summed E-state index contributed by atoms with van der Waals surface area (Å²) in [6.45, 7) is 3.86. The second-order valence-corrected chi connectivity index (χ2v) is 7.29. The van der Waals surface area contributed by atoms with Crippen molar-refractivity contribution in [3.8, 4) is 0 Å². The maximum Gasteiger partial charge on any atom is 0.272 e. The summed E-state index contributed by atoms with van der Waals surface area (Å²) >= 11 is 0. The summed E-state index contributed by atoms with van der Waals surface area (Å²) in [6, 6.07) is 0.704. The van der Waals surface area contributed by atoms with Crippen LogP contribution in [0.1, 0.15) is 33.1 Å². The molecule has 0 aliphatic heterocycles. The molecule has 1 aliphatic rings. The Balaban J connectivity index is 2.62. The predicted octanol–water partition coefficient (Wildman–Crippen LogP) is 1.96. The normalized spacial score (nSPS) is 30.7. The van der Waals surface area contributed by atoms with Crippen LogP contribution in [0, 0.1) is 0 Å². The third-order valence-corrected chi connectivity index (χ3v) is 5.78. The van der Waals surface area contributed by atoms with Gasteiger partial charge in [-0.3, -0.25) is 4.57 Å². The van der Waals surface area contributed by atoms with Crippen molar-refractivity contribution >= 4 is 7.52 Å². The van der Waals surface area contributed by atoms with Gasteiger partial charge in [0.25, 0.3) is 7.52 Å². The second-order valence-electron chi connectivity index (χ2n) is 4.44. The molecule has 0 bridgehead atoms. The molecule has 0 amide bonds. The van der Waals surface area contributed by atoms with Gasteiger partial charge in [0.15, 0.2) is 0 Å². The topological polar surface area (TPSA) is 50.4 Å². The lowest BCUT2D eigenvalue weighted by molar-refractivity contribution is 0.358. The van der Waals surface area contributed by atoms with Gasteiger partial charge in [0.1, 0.15) is 0 Å². The second kappa shape index (κ2) is 5.44. The molecule has 0 heterocycles. The zero-order valence-corrected chi connectivity index (χ0v) is 11.0. The zero-order valence-electron chi connectivity index (χ0n) is 10.1. The van der Waals surface area contributed by atoms with Crippen LogP contribution in [0.15, 0.2) is 0 Å². The van der Waals surface area contributed by atoms with Gasteiger partial charge in [-0.05, 0) is 19.9 Å². The van der Waals surface area contributed by atoms with Gasteiger partial charge < -0.3 is 9.84 Å². The van der Waals surface area contributed by atoms with Gasteiger partial charge in [-0.15, -0.1) is 0 Å². The van der Waals surface area contributed by atoms with Gasteiger partial charge in [-0.25, -0.2) is 5.09 Å². The number of hydrogen-bond donors (Lipinski definition) is 2. The molecule has 0 radical (unpaired) electrons. The summed E-state index contributed by atoms with van der Waals surface area (Å²) in [7, 11) is 0.819. The fraction of sp³-hybridized carbons (Fsp3) is 1.00. The van der Waals surface area contributed by atoms with Crippen LogP contribution in [-0.4, -0.2) is 31.9 Å². The molecule has 5 heteroatoms. The Bertz CT molecular complexity index is 246. The van der Waals surface area contributed by atoms with Gasteiger partial charge in [0.05, 0.1) is 0 Å². The van der Waals surface area contributed by atoms with E-state index in [2.05, 4.69) is 10.4 Å². The number of rotatable bonds is 5. The Morgan fingerprint density at radius 1 is 1.33 bits per heavy atom. The summed E-state index contributed by atoms with van der Waals surface area (Å²) in [5, 5.41) is 6.47. The van der Waals surface area contributed by atoms with Crippen molar-refractivity contribution in [2.75, 3.05) is 14.2 Å². The molecular weight excluding hydrogens is 211 g/mol. The molecule has 3 atom stereocenters. The first kappa shape index (κ1) is 13.2. The maximum atomic E-state index is 12.3. The standard InChI is InChI=1S/C10H23N2O2P/c1-8(2)15(13,14-4)12-10-7-5-6-9(10)11-3/h8-11H,5-7H2,1-4H3,(H,12,13). The SMILES string of the molecule is CNC1CCCC1NP(=O)(OC)C(C)C. The largest absolute Gasteiger partial charge is 0.321 e. The van der Waals surface area contributed by atoms with Crippen LogP contribution >= 0.6 is 7.52 Å². The lowest BCUT2D eigenvalue weighted by atomic mass is 10.2. The molecule has 3 unspecified atom stereocenters. The molecule has 90 valence electrons. The van der Waals surface area contributed by atoms with Crippen molar-refractivity contribution in [2.45, 2.75) is 50.9 Å². The van der Waals surface area contributed by atoms with Crippen molar-refractivity contribution in [3.05, 3.63) is 0 Å². The smallest absolute Gasteiger partial charge is 0.272 e. The van der Waals surface area contributed by atoms with E-state index in [9.17, 15) is 4.57 Å². The Labute approximate surface area is 92.7 Å². The van der Waals surface area contributed by atoms with E-state index in [-0.39, 0.29) is 11.7 Å². The van der Waals surface area contributed by atoms with Crippen LogP contribution in [0.5, 0.6) is 0 Å². The van der Waals surface area contributed by atoms with Gasteiger partial charge in [0.2, 0.25) is 0 Å². The first-order chi connectivity index (χ1) is 7.03. The van der Waals surface area contributed by atoms with Crippen molar-refractivity contribution in [1.29, 1.82) is 0 Å². The van der Waals surface area contributed by atoms with Crippen LogP contribution < -0.4 is 10.4 Å². The number of nitrogens with one attached hydrogen (secondary N) is 2. The van der Waals surface area contributed by atoms with Crippen LogP contribution in [-0.2, 0) is 9.09 Å². The van der Waals surface area contributed by atoms with Crippen LogP contribution in [0.4, 0.5) is 0 Å². The van der Waals surface area contributed by atoms with Gasteiger partial charge in [0, 0.05) is 24.9 Å². The van der Waals surface area contributed by atoms with Gasteiger partial charge >= 0.3 is 0 Å². The molecule has 1 aliphatic carbocycles. The van der Waals surface area contributed by atoms with E-state index in [0.29, 0.717) is 6.04 Å². The third kappa shape index (κ3) is 3.04. The maximum absolute atomic E-state index is 12.3. The summed E-state index contributed by atoms with van der Waals surface area (Å²) < 4.78 is 17.5. The highest BCUT2D eigenvalue weighted by Crippen LogP contribution is 2.48. The molecule has 0 aromatic carbocycles. The third-order valence-electron chi connectivity index (χ3n) is 3.18. The van der Waals surface area contributed by atoms with E-state index >= 15 is 0 Å². The average Bonchev–Trinajstić information content (AvgIpc) is 2.64. The Kier molecular flexibility index (Phi) is 4.78. The van der Waals surface area contributed by atoms with Crippen molar-refractivity contribution < 1.29 is 9.09 Å². The molecule has 0 spiro atoms. The van der Waals surface area contributed by atoms with Gasteiger partial charge in [-0.2, -0.15) is 0 Å². The summed E-state index contributed by atoms with van der Waals surface area (Å²) in [5.41, 5.74) is 0.0283. The van der Waals surface area contributed by atoms with Crippen LogP contribution in [0.3, 0.4) is 0 Å².